The van der Waals surface area contributed by atoms with E-state index in [0.717, 1.165) is 6.26 Å². The SMILES string of the molecule is C/C=C/OS(=O)(=O)c1ccc(OC)cc1. The van der Waals surface area contributed by atoms with Crippen LogP contribution in [0.2, 0.25) is 0 Å². The third kappa shape index (κ3) is 2.99. The summed E-state index contributed by atoms with van der Waals surface area (Å²) in [6, 6.07) is 5.98. The van der Waals surface area contributed by atoms with Crippen molar-refractivity contribution in [3.8, 4) is 5.75 Å². The highest BCUT2D eigenvalue weighted by atomic mass is 32.2. The maximum atomic E-state index is 11.5. The second-order valence-corrected chi connectivity index (χ2v) is 4.27. The molecule has 0 radical (unpaired) electrons. The molecule has 1 rings (SSSR count). The van der Waals surface area contributed by atoms with E-state index in [2.05, 4.69) is 4.18 Å². The van der Waals surface area contributed by atoms with Gasteiger partial charge in [-0.15, -0.1) is 0 Å². The van der Waals surface area contributed by atoms with E-state index in [4.69, 9.17) is 4.74 Å². The minimum atomic E-state index is -3.69. The van der Waals surface area contributed by atoms with Gasteiger partial charge in [-0.2, -0.15) is 8.42 Å². The Morgan fingerprint density at radius 2 is 1.80 bits per heavy atom. The van der Waals surface area contributed by atoms with Gasteiger partial charge in [0.25, 0.3) is 0 Å². The molecule has 1 aromatic carbocycles. The van der Waals surface area contributed by atoms with Crippen molar-refractivity contribution in [3.05, 3.63) is 36.6 Å². The van der Waals surface area contributed by atoms with Gasteiger partial charge < -0.3 is 8.92 Å². The number of methoxy groups -OCH3 is 1. The van der Waals surface area contributed by atoms with E-state index < -0.39 is 10.1 Å². The molecule has 0 aromatic heterocycles. The van der Waals surface area contributed by atoms with E-state index in [0.29, 0.717) is 5.75 Å². The van der Waals surface area contributed by atoms with Gasteiger partial charge in [0.2, 0.25) is 0 Å². The summed E-state index contributed by atoms with van der Waals surface area (Å²) in [7, 11) is -2.18. The Balaban J connectivity index is 2.95. The molecule has 0 aliphatic rings. The van der Waals surface area contributed by atoms with Gasteiger partial charge in [0.15, 0.2) is 0 Å². The summed E-state index contributed by atoms with van der Waals surface area (Å²) in [6.07, 6.45) is 2.63. The van der Waals surface area contributed by atoms with E-state index in [1.165, 1.54) is 25.3 Å². The van der Waals surface area contributed by atoms with E-state index in [1.54, 1.807) is 19.1 Å². The second kappa shape index (κ2) is 4.84. The number of benzene rings is 1. The quantitative estimate of drug-likeness (QED) is 0.583. The van der Waals surface area contributed by atoms with Gasteiger partial charge in [-0.25, -0.2) is 0 Å². The van der Waals surface area contributed by atoms with Crippen molar-refractivity contribution < 1.29 is 17.3 Å². The largest absolute Gasteiger partial charge is 0.497 e. The molecule has 0 N–H and O–H groups in total. The second-order valence-electron chi connectivity index (χ2n) is 2.70. The van der Waals surface area contributed by atoms with Crippen LogP contribution in [0.1, 0.15) is 6.92 Å². The van der Waals surface area contributed by atoms with Crippen LogP contribution in [0, 0.1) is 0 Å². The molecule has 0 aliphatic carbocycles. The molecule has 0 saturated heterocycles. The zero-order valence-electron chi connectivity index (χ0n) is 8.51. The van der Waals surface area contributed by atoms with Crippen molar-refractivity contribution in [1.29, 1.82) is 0 Å². The normalized spacial score (nSPS) is 11.6. The third-order valence-electron chi connectivity index (χ3n) is 1.67. The first-order valence-electron chi connectivity index (χ1n) is 4.28. The Hall–Kier alpha value is -1.49. The summed E-state index contributed by atoms with van der Waals surface area (Å²) < 4.78 is 32.5. The number of allylic oxidation sites excluding steroid dienone is 1. The Morgan fingerprint density at radius 1 is 1.20 bits per heavy atom. The molecule has 1 aromatic rings. The highest BCUT2D eigenvalue weighted by molar-refractivity contribution is 7.86. The van der Waals surface area contributed by atoms with Gasteiger partial charge in [-0.1, -0.05) is 6.08 Å². The lowest BCUT2D eigenvalue weighted by Crippen LogP contribution is -2.01. The van der Waals surface area contributed by atoms with Crippen molar-refractivity contribution in [3.63, 3.8) is 0 Å². The lowest BCUT2D eigenvalue weighted by molar-refractivity contribution is 0.414. The van der Waals surface area contributed by atoms with E-state index in [1.807, 2.05) is 0 Å². The number of ether oxygens (including phenoxy) is 1. The summed E-state index contributed by atoms with van der Waals surface area (Å²) in [5.74, 6) is 0.597. The highest BCUT2D eigenvalue weighted by Gasteiger charge is 2.13. The van der Waals surface area contributed by atoms with Crippen LogP contribution in [0.25, 0.3) is 0 Å². The Morgan fingerprint density at radius 3 is 2.27 bits per heavy atom. The van der Waals surface area contributed by atoms with Gasteiger partial charge in [-0.3, -0.25) is 0 Å². The Bertz CT molecular complexity index is 431. The number of hydrogen-bond donors (Lipinski definition) is 0. The highest BCUT2D eigenvalue weighted by Crippen LogP contribution is 2.17. The molecule has 0 atom stereocenters. The maximum absolute atomic E-state index is 11.5. The van der Waals surface area contributed by atoms with Crippen molar-refractivity contribution >= 4 is 10.1 Å². The summed E-state index contributed by atoms with van der Waals surface area (Å²) in [5.41, 5.74) is 0. The van der Waals surface area contributed by atoms with Crippen LogP contribution >= 0.6 is 0 Å². The van der Waals surface area contributed by atoms with Crippen LogP contribution < -0.4 is 4.74 Å². The Labute approximate surface area is 89.3 Å². The molecule has 4 nitrogen and oxygen atoms in total. The van der Waals surface area contributed by atoms with Gasteiger partial charge in [0, 0.05) is 0 Å². The summed E-state index contributed by atoms with van der Waals surface area (Å²) >= 11 is 0. The van der Waals surface area contributed by atoms with Crippen molar-refractivity contribution in [2.45, 2.75) is 11.8 Å². The molecule has 15 heavy (non-hydrogen) atoms. The van der Waals surface area contributed by atoms with Crippen molar-refractivity contribution in [2.24, 2.45) is 0 Å². The number of rotatable bonds is 4. The minimum Gasteiger partial charge on any atom is -0.497 e. The fraction of sp³-hybridized carbons (Fsp3) is 0.200. The molecular formula is C10H12O4S. The molecule has 0 amide bonds. The topological polar surface area (TPSA) is 52.6 Å². The number of hydrogen-bond acceptors (Lipinski definition) is 4. The average Bonchev–Trinajstić information content (AvgIpc) is 2.26. The van der Waals surface area contributed by atoms with Crippen LogP contribution in [0.3, 0.4) is 0 Å². The van der Waals surface area contributed by atoms with E-state index in [-0.39, 0.29) is 4.90 Å². The van der Waals surface area contributed by atoms with Gasteiger partial charge in [0.05, 0.1) is 7.11 Å². The maximum Gasteiger partial charge on any atom is 0.338 e. The van der Waals surface area contributed by atoms with Crippen molar-refractivity contribution in [1.82, 2.24) is 0 Å². The molecule has 0 fully saturated rings. The molecule has 0 heterocycles. The fourth-order valence-electron chi connectivity index (χ4n) is 0.927. The predicted molar refractivity (Wildman–Crippen MR) is 56.1 cm³/mol. The summed E-state index contributed by atoms with van der Waals surface area (Å²) in [6.45, 7) is 1.67. The Kier molecular flexibility index (Phi) is 3.74. The molecule has 5 heteroatoms. The minimum absolute atomic E-state index is 0.0985. The fourth-order valence-corrected chi connectivity index (χ4v) is 1.76. The van der Waals surface area contributed by atoms with Crippen molar-refractivity contribution in [2.75, 3.05) is 7.11 Å². The average molecular weight is 228 g/mol. The molecule has 82 valence electrons. The van der Waals surface area contributed by atoms with E-state index in [9.17, 15) is 8.42 Å². The standard InChI is InChI=1S/C10H12O4S/c1-3-8-14-15(11,12)10-6-4-9(13-2)5-7-10/h3-8H,1-2H3/b8-3+. The zero-order chi connectivity index (χ0) is 11.3. The molecular weight excluding hydrogens is 216 g/mol. The first-order chi connectivity index (χ1) is 7.10. The molecule has 0 unspecified atom stereocenters. The van der Waals surface area contributed by atoms with Crippen LogP contribution in [0.15, 0.2) is 41.5 Å². The monoisotopic (exact) mass is 228 g/mol. The smallest absolute Gasteiger partial charge is 0.338 e. The van der Waals surface area contributed by atoms with Crippen LogP contribution in [0.4, 0.5) is 0 Å². The molecule has 0 spiro atoms. The zero-order valence-corrected chi connectivity index (χ0v) is 9.32. The van der Waals surface area contributed by atoms with Crippen LogP contribution in [-0.2, 0) is 14.3 Å². The lowest BCUT2D eigenvalue weighted by atomic mass is 10.3. The van der Waals surface area contributed by atoms with Gasteiger partial charge in [0.1, 0.15) is 16.9 Å². The third-order valence-corrected chi connectivity index (χ3v) is 2.88. The van der Waals surface area contributed by atoms with Crippen LogP contribution in [0.5, 0.6) is 5.75 Å². The molecule has 0 aliphatic heterocycles. The van der Waals surface area contributed by atoms with E-state index >= 15 is 0 Å². The van der Waals surface area contributed by atoms with Gasteiger partial charge in [-0.05, 0) is 31.2 Å². The van der Waals surface area contributed by atoms with Crippen LogP contribution in [-0.4, -0.2) is 15.5 Å². The first kappa shape index (κ1) is 11.6. The predicted octanol–water partition coefficient (Wildman–Crippen LogP) is 1.93. The first-order valence-corrected chi connectivity index (χ1v) is 5.69. The lowest BCUT2D eigenvalue weighted by Gasteiger charge is -2.03. The molecule has 0 bridgehead atoms. The summed E-state index contributed by atoms with van der Waals surface area (Å²) in [4.78, 5) is 0.0985. The summed E-state index contributed by atoms with van der Waals surface area (Å²) in [5, 5.41) is 0. The molecule has 0 saturated carbocycles. The van der Waals surface area contributed by atoms with Gasteiger partial charge >= 0.3 is 10.1 Å².